The molecule has 232 valence electrons. The summed E-state index contributed by atoms with van der Waals surface area (Å²) >= 11 is 6.88. The van der Waals surface area contributed by atoms with Crippen molar-refractivity contribution in [2.75, 3.05) is 44.2 Å². The molecule has 0 saturated carbocycles. The predicted octanol–water partition coefficient (Wildman–Crippen LogP) is 6.01. The molecule has 8 nitrogen and oxygen atoms in total. The lowest BCUT2D eigenvalue weighted by Crippen LogP contribution is -2.51. The minimum atomic E-state index is -0.556. The molecule has 3 fully saturated rings. The van der Waals surface area contributed by atoms with Gasteiger partial charge in [-0.15, -0.1) is 0 Å². The van der Waals surface area contributed by atoms with Crippen molar-refractivity contribution in [2.45, 2.75) is 57.9 Å². The van der Waals surface area contributed by atoms with Gasteiger partial charge in [0.2, 0.25) is 0 Å². The standard InChI is InChI=1S/C34H39ClFN5O3/c1-19(13-40-14-20(2)44-21(3)15-40)18-43-34-38-32-28(33(39-34)41-16-23-8-9-24(17-41)37-23)12-29(35)30(31(32)36)27-11-25(42)10-22-6-4-5-7-26(22)27/h4-7,10-12,19-21,23-24,37,42H,8-9,13-18H2,1-3H3/t19-,20-,21+,23?,24?/m1/s1. The van der Waals surface area contributed by atoms with Gasteiger partial charge in [-0.1, -0.05) is 42.8 Å². The molecule has 3 aromatic carbocycles. The van der Waals surface area contributed by atoms with Crippen molar-refractivity contribution in [3.05, 3.63) is 53.3 Å². The number of hydrogen-bond donors (Lipinski definition) is 2. The average molecular weight is 620 g/mol. The zero-order valence-corrected chi connectivity index (χ0v) is 26.1. The average Bonchev–Trinajstić information content (AvgIpc) is 3.32. The molecule has 4 heterocycles. The number of anilines is 1. The lowest BCUT2D eigenvalue weighted by molar-refractivity contribution is -0.0720. The molecule has 10 heteroatoms. The van der Waals surface area contributed by atoms with Gasteiger partial charge in [-0.05, 0) is 61.2 Å². The molecule has 3 aliphatic heterocycles. The second-order valence-electron chi connectivity index (χ2n) is 12.9. The van der Waals surface area contributed by atoms with E-state index >= 15 is 4.39 Å². The van der Waals surface area contributed by atoms with Crippen molar-refractivity contribution in [1.82, 2.24) is 20.2 Å². The van der Waals surface area contributed by atoms with Crippen LogP contribution in [0.3, 0.4) is 0 Å². The Kier molecular flexibility index (Phi) is 7.99. The van der Waals surface area contributed by atoms with E-state index in [2.05, 4.69) is 40.9 Å². The summed E-state index contributed by atoms with van der Waals surface area (Å²) in [5.41, 5.74) is 0.868. The molecule has 0 radical (unpaired) electrons. The smallest absolute Gasteiger partial charge is 0.319 e. The van der Waals surface area contributed by atoms with Gasteiger partial charge in [0.1, 0.15) is 17.1 Å². The Morgan fingerprint density at radius 3 is 2.52 bits per heavy atom. The molecule has 2 unspecified atom stereocenters. The van der Waals surface area contributed by atoms with E-state index < -0.39 is 5.82 Å². The van der Waals surface area contributed by atoms with E-state index in [9.17, 15) is 5.11 Å². The molecule has 44 heavy (non-hydrogen) atoms. The first-order chi connectivity index (χ1) is 21.2. The van der Waals surface area contributed by atoms with Gasteiger partial charge in [-0.25, -0.2) is 4.39 Å². The number of ether oxygens (including phenoxy) is 2. The van der Waals surface area contributed by atoms with Crippen molar-refractivity contribution in [3.63, 3.8) is 0 Å². The van der Waals surface area contributed by atoms with E-state index in [0.29, 0.717) is 35.5 Å². The highest BCUT2D eigenvalue weighted by atomic mass is 35.5. The first kappa shape index (κ1) is 29.5. The van der Waals surface area contributed by atoms with Crippen molar-refractivity contribution in [1.29, 1.82) is 0 Å². The number of piperazine rings is 1. The minimum Gasteiger partial charge on any atom is -0.508 e. The van der Waals surface area contributed by atoms with Crippen LogP contribution in [0.2, 0.25) is 5.02 Å². The number of rotatable bonds is 7. The summed E-state index contributed by atoms with van der Waals surface area (Å²) in [6, 6.07) is 13.4. The number of benzene rings is 3. The summed E-state index contributed by atoms with van der Waals surface area (Å²) in [5.74, 6) is 0.324. The van der Waals surface area contributed by atoms with Gasteiger partial charge in [0.15, 0.2) is 5.82 Å². The van der Waals surface area contributed by atoms with E-state index in [1.54, 1.807) is 18.2 Å². The van der Waals surface area contributed by atoms with Crippen LogP contribution in [0.1, 0.15) is 33.6 Å². The maximum absolute atomic E-state index is 16.8. The van der Waals surface area contributed by atoms with Crippen molar-refractivity contribution in [2.24, 2.45) is 5.92 Å². The molecule has 0 spiro atoms. The van der Waals surface area contributed by atoms with Gasteiger partial charge < -0.3 is 24.8 Å². The molecule has 7 rings (SSSR count). The summed E-state index contributed by atoms with van der Waals surface area (Å²) in [4.78, 5) is 14.2. The fraction of sp³-hybridized carbons (Fsp3) is 0.471. The van der Waals surface area contributed by atoms with Crippen LogP contribution in [-0.4, -0.2) is 83.6 Å². The fourth-order valence-electron chi connectivity index (χ4n) is 7.33. The van der Waals surface area contributed by atoms with Crippen LogP contribution in [0, 0.1) is 11.7 Å². The number of halogens is 2. The number of hydrogen-bond acceptors (Lipinski definition) is 8. The lowest BCUT2D eigenvalue weighted by Gasteiger charge is -2.36. The molecule has 3 aliphatic rings. The van der Waals surface area contributed by atoms with Crippen LogP contribution in [0.5, 0.6) is 11.8 Å². The molecular formula is C34H39ClFN5O3. The molecular weight excluding hydrogens is 581 g/mol. The van der Waals surface area contributed by atoms with Gasteiger partial charge in [0.05, 0.1) is 23.8 Å². The fourth-order valence-corrected chi connectivity index (χ4v) is 7.62. The Bertz CT molecular complexity index is 1680. The number of phenolic OH excluding ortho intramolecular Hbond substituents is 1. The van der Waals surface area contributed by atoms with E-state index in [-0.39, 0.29) is 46.0 Å². The third kappa shape index (κ3) is 5.78. The second kappa shape index (κ2) is 11.9. The zero-order chi connectivity index (χ0) is 30.5. The topological polar surface area (TPSA) is 83.0 Å². The molecule has 0 aliphatic carbocycles. The maximum Gasteiger partial charge on any atom is 0.319 e. The summed E-state index contributed by atoms with van der Waals surface area (Å²) in [6.07, 6.45) is 2.60. The number of phenols is 1. The first-order valence-corrected chi connectivity index (χ1v) is 16.0. The molecule has 4 aromatic rings. The number of nitrogens with zero attached hydrogens (tertiary/aromatic N) is 4. The lowest BCUT2D eigenvalue weighted by atomic mass is 9.96. The number of nitrogens with one attached hydrogen (secondary N) is 1. The van der Waals surface area contributed by atoms with E-state index in [1.165, 1.54) is 0 Å². The number of morpholine rings is 1. The van der Waals surface area contributed by atoms with Crippen LogP contribution in [0.25, 0.3) is 32.8 Å². The van der Waals surface area contributed by atoms with E-state index in [4.69, 9.17) is 26.1 Å². The SMILES string of the molecule is C[C@@H](COc1nc(N2CC3CCC(C2)N3)c2cc(Cl)c(-c3cc(O)cc4ccccc34)c(F)c2n1)CN1C[C@@H](C)O[C@@H](C)C1. The molecule has 2 bridgehead atoms. The highest BCUT2D eigenvalue weighted by molar-refractivity contribution is 6.35. The van der Waals surface area contributed by atoms with E-state index in [0.717, 1.165) is 56.3 Å². The molecule has 5 atom stereocenters. The highest BCUT2D eigenvalue weighted by Crippen LogP contribution is 2.43. The Morgan fingerprint density at radius 1 is 1.05 bits per heavy atom. The Hall–Kier alpha value is -3.24. The van der Waals surface area contributed by atoms with Crippen molar-refractivity contribution in [3.8, 4) is 22.9 Å². The summed E-state index contributed by atoms with van der Waals surface area (Å²) in [7, 11) is 0. The molecule has 1 aromatic heterocycles. The van der Waals surface area contributed by atoms with Crippen LogP contribution in [-0.2, 0) is 4.74 Å². The number of fused-ring (bicyclic) bond motifs is 4. The summed E-state index contributed by atoms with van der Waals surface area (Å²) in [5, 5.41) is 16.5. The summed E-state index contributed by atoms with van der Waals surface area (Å²) < 4.78 is 28.9. The van der Waals surface area contributed by atoms with Crippen LogP contribution in [0.15, 0.2) is 42.5 Å². The highest BCUT2D eigenvalue weighted by Gasteiger charge is 2.34. The third-order valence-electron chi connectivity index (χ3n) is 9.04. The van der Waals surface area contributed by atoms with E-state index in [1.807, 2.05) is 24.3 Å². The predicted molar refractivity (Wildman–Crippen MR) is 172 cm³/mol. The Morgan fingerprint density at radius 2 is 1.77 bits per heavy atom. The quantitative estimate of drug-likeness (QED) is 0.260. The Balaban J connectivity index is 1.27. The second-order valence-corrected chi connectivity index (χ2v) is 13.3. The van der Waals surface area contributed by atoms with Crippen LogP contribution >= 0.6 is 11.6 Å². The maximum atomic E-state index is 16.8. The number of aromatic nitrogens is 2. The number of aromatic hydroxyl groups is 1. The van der Waals surface area contributed by atoms with Gasteiger partial charge in [-0.3, -0.25) is 4.90 Å². The van der Waals surface area contributed by atoms with Gasteiger partial charge in [-0.2, -0.15) is 9.97 Å². The van der Waals surface area contributed by atoms with Crippen LogP contribution < -0.4 is 15.0 Å². The Labute approximate surface area is 262 Å². The van der Waals surface area contributed by atoms with Gasteiger partial charge >= 0.3 is 6.01 Å². The largest absolute Gasteiger partial charge is 0.508 e. The molecule has 3 saturated heterocycles. The minimum absolute atomic E-state index is 0.0380. The molecule has 2 N–H and O–H groups in total. The van der Waals surface area contributed by atoms with Gasteiger partial charge in [0, 0.05) is 61.7 Å². The van der Waals surface area contributed by atoms with Crippen LogP contribution in [0.4, 0.5) is 10.2 Å². The molecule has 0 amide bonds. The normalized spacial score (nSPS) is 24.7. The van der Waals surface area contributed by atoms with Crippen molar-refractivity contribution < 1.29 is 19.0 Å². The summed E-state index contributed by atoms with van der Waals surface area (Å²) in [6.45, 7) is 10.9. The van der Waals surface area contributed by atoms with Crippen molar-refractivity contribution >= 4 is 39.1 Å². The first-order valence-electron chi connectivity index (χ1n) is 15.6. The monoisotopic (exact) mass is 619 g/mol. The third-order valence-corrected chi connectivity index (χ3v) is 9.33. The zero-order valence-electron chi connectivity index (χ0n) is 25.4. The van der Waals surface area contributed by atoms with Gasteiger partial charge in [0.25, 0.3) is 0 Å².